The average Bonchev–Trinajstić information content (AvgIpc) is 3.59. The molecule has 250 valence electrons. The zero-order chi connectivity index (χ0) is 34.1. The molecule has 0 bridgehead atoms. The predicted molar refractivity (Wildman–Crippen MR) is 167 cm³/mol. The molecule has 2 aromatic rings. The molecule has 2 N–H and O–H groups in total. The fraction of sp³-hybridized carbons (Fsp3) is 0.471. The molecule has 6 rings (SSSR count). The number of carbonyl (C=O) groups excluding carboxylic acids is 2. The molecular formula is C34H37F5N6O2. The normalized spacial score (nSPS) is 24.2. The number of anilines is 1. The van der Waals surface area contributed by atoms with Crippen molar-refractivity contribution in [3.63, 3.8) is 0 Å². The standard InChI is InChI=1S/C34H37F5N6O2/c1-4-28(46)43-17-32(18-43)8-9-42(16-32)21(3)22-10-25-26(27(11-22)34(37,38)39)15-44(29(25)47)24-7-5-6-23(12-24)33(13-20(2)14-33)30(41)45(19-40)31(35)36/h4-7,10-12,19-21,31,40-41H,1,8-9,13-18H2,2-3H3/t20?,21-,33?/m0/s1. The van der Waals surface area contributed by atoms with Gasteiger partial charge in [-0.25, -0.2) is 0 Å². The van der Waals surface area contributed by atoms with Gasteiger partial charge in [0.15, 0.2) is 0 Å². The molecular weight excluding hydrogens is 619 g/mol. The third-order valence-electron chi connectivity index (χ3n) is 10.6. The second kappa shape index (κ2) is 11.5. The van der Waals surface area contributed by atoms with Crippen molar-refractivity contribution in [1.82, 2.24) is 14.7 Å². The lowest BCUT2D eigenvalue weighted by atomic mass is 9.58. The van der Waals surface area contributed by atoms with Crippen LogP contribution in [0.2, 0.25) is 0 Å². The SMILES string of the molecule is C=CC(=O)N1CC2(CCN([C@@H](C)c3cc4c(c(C(F)(F)F)c3)CN(c3cccc(C5(C(=N)N(C=N)C(F)F)CC(C)C5)c3)C4=O)C2)C1. The highest BCUT2D eigenvalue weighted by molar-refractivity contribution is 6.10. The van der Waals surface area contributed by atoms with Gasteiger partial charge in [-0.1, -0.05) is 25.6 Å². The van der Waals surface area contributed by atoms with Crippen molar-refractivity contribution >= 4 is 29.7 Å². The number of likely N-dealkylation sites (tertiary alicyclic amines) is 2. The first kappa shape index (κ1) is 32.8. The van der Waals surface area contributed by atoms with Gasteiger partial charge in [0, 0.05) is 42.3 Å². The molecule has 3 aliphatic heterocycles. The lowest BCUT2D eigenvalue weighted by Gasteiger charge is -2.49. The molecule has 4 aliphatic rings. The van der Waals surface area contributed by atoms with E-state index in [9.17, 15) is 31.5 Å². The van der Waals surface area contributed by atoms with Gasteiger partial charge in [0.25, 0.3) is 5.91 Å². The molecule has 13 heteroatoms. The van der Waals surface area contributed by atoms with E-state index in [1.165, 1.54) is 11.0 Å². The monoisotopic (exact) mass is 656 g/mol. The Morgan fingerprint density at radius 1 is 1.15 bits per heavy atom. The quantitative estimate of drug-likeness (QED) is 0.113. The molecule has 1 spiro atoms. The number of halogens is 5. The van der Waals surface area contributed by atoms with Crippen molar-refractivity contribution in [3.05, 3.63) is 76.9 Å². The summed E-state index contributed by atoms with van der Waals surface area (Å²) in [6, 6.07) is 8.75. The number of nitrogens with zero attached hydrogens (tertiary/aromatic N) is 4. The van der Waals surface area contributed by atoms with Gasteiger partial charge >= 0.3 is 12.7 Å². The third kappa shape index (κ3) is 5.41. The summed E-state index contributed by atoms with van der Waals surface area (Å²) in [6.07, 6.45) is -1.45. The molecule has 0 unspecified atom stereocenters. The Morgan fingerprint density at radius 3 is 2.45 bits per heavy atom. The van der Waals surface area contributed by atoms with E-state index in [0.29, 0.717) is 67.1 Å². The van der Waals surface area contributed by atoms with Crippen LogP contribution in [0.5, 0.6) is 0 Å². The molecule has 2 amide bonds. The zero-order valence-electron chi connectivity index (χ0n) is 26.2. The van der Waals surface area contributed by atoms with Crippen molar-refractivity contribution in [1.29, 1.82) is 10.8 Å². The highest BCUT2D eigenvalue weighted by Crippen LogP contribution is 2.50. The van der Waals surface area contributed by atoms with Crippen LogP contribution in [0, 0.1) is 22.2 Å². The van der Waals surface area contributed by atoms with Crippen LogP contribution >= 0.6 is 0 Å². The summed E-state index contributed by atoms with van der Waals surface area (Å²) in [4.78, 5) is 31.2. The summed E-state index contributed by atoms with van der Waals surface area (Å²) < 4.78 is 71.0. The number of carbonyl (C=O) groups is 2. The summed E-state index contributed by atoms with van der Waals surface area (Å²) in [5.74, 6) is -1.04. The van der Waals surface area contributed by atoms with Crippen LogP contribution in [-0.4, -0.2) is 71.4 Å². The number of hydrogen-bond donors (Lipinski definition) is 2. The number of nitrogens with one attached hydrogen (secondary N) is 2. The van der Waals surface area contributed by atoms with Crippen molar-refractivity contribution in [2.45, 2.75) is 63.8 Å². The first-order valence-corrected chi connectivity index (χ1v) is 15.6. The molecule has 2 aromatic carbocycles. The van der Waals surface area contributed by atoms with E-state index in [4.69, 9.17) is 10.8 Å². The average molecular weight is 657 g/mol. The number of benzene rings is 2. The minimum absolute atomic E-state index is 0.0280. The molecule has 47 heavy (non-hydrogen) atoms. The van der Waals surface area contributed by atoms with Crippen molar-refractivity contribution in [2.75, 3.05) is 31.1 Å². The number of fused-ring (bicyclic) bond motifs is 1. The minimum Gasteiger partial charge on any atom is -0.338 e. The summed E-state index contributed by atoms with van der Waals surface area (Å²) in [7, 11) is 0. The van der Waals surface area contributed by atoms with Crippen LogP contribution in [0.3, 0.4) is 0 Å². The summed E-state index contributed by atoms with van der Waals surface area (Å²) in [6.45, 7) is 6.31. The van der Waals surface area contributed by atoms with Crippen LogP contribution in [0.25, 0.3) is 0 Å². The van der Waals surface area contributed by atoms with Gasteiger partial charge in [-0.05, 0) is 85.7 Å². The van der Waals surface area contributed by atoms with E-state index in [2.05, 4.69) is 11.5 Å². The van der Waals surface area contributed by atoms with Crippen LogP contribution in [0.15, 0.2) is 49.1 Å². The van der Waals surface area contributed by atoms with Crippen molar-refractivity contribution in [2.24, 2.45) is 11.3 Å². The molecule has 0 aromatic heterocycles. The molecule has 0 radical (unpaired) electrons. The molecule has 8 nitrogen and oxygen atoms in total. The fourth-order valence-electron chi connectivity index (χ4n) is 8.08. The van der Waals surface area contributed by atoms with Crippen LogP contribution < -0.4 is 4.90 Å². The second-order valence-corrected chi connectivity index (χ2v) is 13.6. The van der Waals surface area contributed by atoms with E-state index < -0.39 is 41.5 Å². The van der Waals surface area contributed by atoms with Gasteiger partial charge in [-0.2, -0.15) is 22.0 Å². The summed E-state index contributed by atoms with van der Waals surface area (Å²) in [5, 5.41) is 16.0. The summed E-state index contributed by atoms with van der Waals surface area (Å²) >= 11 is 0. The molecule has 3 fully saturated rings. The largest absolute Gasteiger partial charge is 0.416 e. The van der Waals surface area contributed by atoms with Crippen LogP contribution in [0.4, 0.5) is 27.6 Å². The lowest BCUT2D eigenvalue weighted by molar-refractivity contribution is -0.138. The Hall–Kier alpha value is -4.13. The first-order valence-electron chi connectivity index (χ1n) is 15.6. The predicted octanol–water partition coefficient (Wildman–Crippen LogP) is 6.42. The van der Waals surface area contributed by atoms with E-state index in [-0.39, 0.29) is 34.9 Å². The Balaban J connectivity index is 1.29. The maximum absolute atomic E-state index is 14.5. The van der Waals surface area contributed by atoms with Crippen molar-refractivity contribution in [3.8, 4) is 0 Å². The maximum Gasteiger partial charge on any atom is 0.416 e. The molecule has 1 saturated carbocycles. The fourth-order valence-corrected chi connectivity index (χ4v) is 8.08. The minimum atomic E-state index is -4.71. The van der Waals surface area contributed by atoms with E-state index in [1.54, 1.807) is 35.2 Å². The zero-order valence-corrected chi connectivity index (χ0v) is 26.2. The second-order valence-electron chi connectivity index (χ2n) is 13.6. The number of amidine groups is 1. The van der Waals surface area contributed by atoms with E-state index in [1.807, 2.05) is 13.8 Å². The smallest absolute Gasteiger partial charge is 0.338 e. The van der Waals surface area contributed by atoms with Crippen molar-refractivity contribution < 1.29 is 31.5 Å². The number of alkyl halides is 5. The molecule has 2 saturated heterocycles. The van der Waals surface area contributed by atoms with Gasteiger partial charge in [-0.15, -0.1) is 0 Å². The van der Waals surface area contributed by atoms with Crippen LogP contribution in [-0.2, 0) is 22.9 Å². The van der Waals surface area contributed by atoms with Gasteiger partial charge in [0.2, 0.25) is 5.91 Å². The topological polar surface area (TPSA) is 94.8 Å². The van der Waals surface area contributed by atoms with E-state index in [0.717, 1.165) is 12.5 Å². The third-order valence-corrected chi connectivity index (χ3v) is 10.6. The number of hydrogen-bond acceptors (Lipinski definition) is 5. The van der Waals surface area contributed by atoms with E-state index >= 15 is 0 Å². The Kier molecular flexibility index (Phi) is 8.05. The molecule has 3 heterocycles. The van der Waals surface area contributed by atoms with Gasteiger partial charge in [0.05, 0.1) is 23.9 Å². The maximum atomic E-state index is 14.5. The number of amides is 2. The Morgan fingerprint density at radius 2 is 1.85 bits per heavy atom. The first-order chi connectivity index (χ1) is 22.1. The Labute approximate surface area is 269 Å². The van der Waals surface area contributed by atoms with Crippen LogP contribution in [0.1, 0.15) is 71.8 Å². The lowest BCUT2D eigenvalue weighted by Crippen LogP contribution is -2.59. The highest BCUT2D eigenvalue weighted by Gasteiger charge is 2.51. The Bertz CT molecular complexity index is 1650. The molecule has 1 aliphatic carbocycles. The van der Waals surface area contributed by atoms with Gasteiger partial charge < -0.3 is 9.80 Å². The number of rotatable bonds is 8. The van der Waals surface area contributed by atoms with Gasteiger partial charge in [0.1, 0.15) is 5.84 Å². The highest BCUT2D eigenvalue weighted by atomic mass is 19.4. The summed E-state index contributed by atoms with van der Waals surface area (Å²) in [5.41, 5.74) is -1.06. The van der Waals surface area contributed by atoms with Gasteiger partial charge in [-0.3, -0.25) is 30.2 Å². The molecule has 1 atom stereocenters.